The Morgan fingerprint density at radius 1 is 1.16 bits per heavy atom. The summed E-state index contributed by atoms with van der Waals surface area (Å²) in [7, 11) is 1.84. The van der Waals surface area contributed by atoms with E-state index in [4.69, 9.17) is 0 Å². The molecular formula is C14H26N4O. The number of nitrogens with zero attached hydrogens (tertiary/aromatic N) is 2. The van der Waals surface area contributed by atoms with Gasteiger partial charge in [-0.2, -0.15) is 0 Å². The Kier molecular flexibility index (Phi) is 5.11. The van der Waals surface area contributed by atoms with E-state index in [0.717, 1.165) is 23.6 Å². The molecule has 0 bridgehead atoms. The van der Waals surface area contributed by atoms with Gasteiger partial charge in [-0.15, -0.1) is 0 Å². The Labute approximate surface area is 115 Å². The zero-order valence-electron chi connectivity index (χ0n) is 12.8. The molecule has 1 aromatic rings. The molecule has 5 nitrogen and oxygen atoms in total. The molecule has 0 aliphatic heterocycles. The molecule has 1 aromatic heterocycles. The molecule has 0 fully saturated rings. The van der Waals surface area contributed by atoms with Crippen molar-refractivity contribution in [1.82, 2.24) is 9.97 Å². The number of hydrogen-bond donors (Lipinski definition) is 3. The summed E-state index contributed by atoms with van der Waals surface area (Å²) in [6, 6.07) is 0. The van der Waals surface area contributed by atoms with Crippen molar-refractivity contribution in [3.8, 4) is 0 Å². The van der Waals surface area contributed by atoms with E-state index in [9.17, 15) is 5.11 Å². The number of nitrogens with one attached hydrogen (secondary N) is 2. The highest BCUT2D eigenvalue weighted by molar-refractivity contribution is 5.56. The number of aliphatic hydroxyl groups excluding tert-OH is 1. The SMILES string of the molecule is CNc1nc(C)nc(NCC(O)CC(C)(C)C)c1C. The molecular weight excluding hydrogens is 240 g/mol. The Balaban J connectivity index is 2.70. The van der Waals surface area contributed by atoms with Gasteiger partial charge in [0.2, 0.25) is 0 Å². The molecule has 0 spiro atoms. The fourth-order valence-corrected chi connectivity index (χ4v) is 2.04. The third-order valence-electron chi connectivity index (χ3n) is 2.85. The first kappa shape index (κ1) is 15.7. The molecule has 5 heteroatoms. The minimum atomic E-state index is -0.382. The Hall–Kier alpha value is -1.36. The summed E-state index contributed by atoms with van der Waals surface area (Å²) in [5.41, 5.74) is 1.09. The molecule has 108 valence electrons. The lowest BCUT2D eigenvalue weighted by Gasteiger charge is -2.23. The zero-order chi connectivity index (χ0) is 14.6. The molecule has 3 N–H and O–H groups in total. The molecule has 0 aromatic carbocycles. The molecule has 1 heterocycles. The number of rotatable bonds is 5. The maximum atomic E-state index is 10.0. The predicted molar refractivity (Wildman–Crippen MR) is 79.6 cm³/mol. The minimum Gasteiger partial charge on any atom is -0.391 e. The van der Waals surface area contributed by atoms with Crippen LogP contribution < -0.4 is 10.6 Å². The Bertz CT molecular complexity index is 426. The van der Waals surface area contributed by atoms with E-state index in [0.29, 0.717) is 12.4 Å². The summed E-state index contributed by atoms with van der Waals surface area (Å²) in [4.78, 5) is 8.69. The second-order valence-electron chi connectivity index (χ2n) is 6.14. The van der Waals surface area contributed by atoms with Crippen molar-refractivity contribution in [2.75, 3.05) is 24.2 Å². The van der Waals surface area contributed by atoms with Crippen molar-refractivity contribution >= 4 is 11.6 Å². The van der Waals surface area contributed by atoms with Crippen molar-refractivity contribution < 1.29 is 5.11 Å². The smallest absolute Gasteiger partial charge is 0.134 e. The van der Waals surface area contributed by atoms with E-state index in [1.165, 1.54) is 0 Å². The molecule has 0 amide bonds. The molecule has 1 unspecified atom stereocenters. The summed E-state index contributed by atoms with van der Waals surface area (Å²) >= 11 is 0. The van der Waals surface area contributed by atoms with Crippen molar-refractivity contribution in [2.45, 2.75) is 47.1 Å². The van der Waals surface area contributed by atoms with Gasteiger partial charge < -0.3 is 15.7 Å². The number of aromatic nitrogens is 2. The zero-order valence-corrected chi connectivity index (χ0v) is 12.8. The van der Waals surface area contributed by atoms with E-state index < -0.39 is 0 Å². The average Bonchev–Trinajstić information content (AvgIpc) is 2.27. The largest absolute Gasteiger partial charge is 0.391 e. The number of aryl methyl sites for hydroxylation is 1. The van der Waals surface area contributed by atoms with Gasteiger partial charge in [0, 0.05) is 19.2 Å². The highest BCUT2D eigenvalue weighted by Gasteiger charge is 2.17. The summed E-state index contributed by atoms with van der Waals surface area (Å²) < 4.78 is 0. The predicted octanol–water partition coefficient (Wildman–Crippen LogP) is 2.34. The first-order valence-corrected chi connectivity index (χ1v) is 6.68. The van der Waals surface area contributed by atoms with Gasteiger partial charge in [-0.3, -0.25) is 0 Å². The van der Waals surface area contributed by atoms with Gasteiger partial charge >= 0.3 is 0 Å². The number of hydrogen-bond acceptors (Lipinski definition) is 5. The van der Waals surface area contributed by atoms with Crippen molar-refractivity contribution in [1.29, 1.82) is 0 Å². The van der Waals surface area contributed by atoms with Crippen LogP contribution in [-0.2, 0) is 0 Å². The third-order valence-corrected chi connectivity index (χ3v) is 2.85. The van der Waals surface area contributed by atoms with Crippen LogP contribution in [0.25, 0.3) is 0 Å². The van der Waals surface area contributed by atoms with Gasteiger partial charge in [0.05, 0.1) is 6.10 Å². The first-order valence-electron chi connectivity index (χ1n) is 6.68. The Morgan fingerprint density at radius 3 is 2.26 bits per heavy atom. The molecule has 1 atom stereocenters. The first-order chi connectivity index (χ1) is 8.73. The number of aliphatic hydroxyl groups is 1. The van der Waals surface area contributed by atoms with Gasteiger partial charge in [-0.1, -0.05) is 20.8 Å². The van der Waals surface area contributed by atoms with Crippen molar-refractivity contribution in [3.63, 3.8) is 0 Å². The van der Waals surface area contributed by atoms with E-state index in [1.807, 2.05) is 20.9 Å². The van der Waals surface area contributed by atoms with E-state index in [2.05, 4.69) is 41.4 Å². The number of anilines is 2. The molecule has 0 aliphatic rings. The van der Waals surface area contributed by atoms with Gasteiger partial charge in [-0.25, -0.2) is 9.97 Å². The monoisotopic (exact) mass is 266 g/mol. The van der Waals surface area contributed by atoms with E-state index in [-0.39, 0.29) is 11.5 Å². The van der Waals surface area contributed by atoms with Crippen LogP contribution in [0.5, 0.6) is 0 Å². The van der Waals surface area contributed by atoms with Crippen LogP contribution in [0.4, 0.5) is 11.6 Å². The van der Waals surface area contributed by atoms with Crippen LogP contribution in [0.1, 0.15) is 38.6 Å². The van der Waals surface area contributed by atoms with Crippen LogP contribution in [-0.4, -0.2) is 34.8 Å². The lowest BCUT2D eigenvalue weighted by molar-refractivity contribution is 0.132. The van der Waals surface area contributed by atoms with Crippen LogP contribution in [0.15, 0.2) is 0 Å². The molecule has 0 saturated heterocycles. The van der Waals surface area contributed by atoms with Crippen molar-refractivity contribution in [2.24, 2.45) is 5.41 Å². The lowest BCUT2D eigenvalue weighted by atomic mass is 9.89. The average molecular weight is 266 g/mol. The van der Waals surface area contributed by atoms with E-state index in [1.54, 1.807) is 0 Å². The fourth-order valence-electron chi connectivity index (χ4n) is 2.04. The van der Waals surface area contributed by atoms with Gasteiger partial charge in [0.25, 0.3) is 0 Å². The quantitative estimate of drug-likeness (QED) is 0.763. The normalized spacial score (nSPS) is 13.2. The van der Waals surface area contributed by atoms with Gasteiger partial charge in [-0.05, 0) is 25.7 Å². The van der Waals surface area contributed by atoms with Gasteiger partial charge in [0.1, 0.15) is 17.5 Å². The maximum absolute atomic E-state index is 10.0. The van der Waals surface area contributed by atoms with Crippen LogP contribution >= 0.6 is 0 Å². The van der Waals surface area contributed by atoms with Crippen LogP contribution in [0.3, 0.4) is 0 Å². The summed E-state index contributed by atoms with van der Waals surface area (Å²) in [6.07, 6.45) is 0.370. The third kappa shape index (κ3) is 5.03. The highest BCUT2D eigenvalue weighted by Crippen LogP contribution is 2.22. The summed E-state index contributed by atoms with van der Waals surface area (Å²) in [5.74, 6) is 2.31. The van der Waals surface area contributed by atoms with Crippen molar-refractivity contribution in [3.05, 3.63) is 11.4 Å². The fraction of sp³-hybridized carbons (Fsp3) is 0.714. The van der Waals surface area contributed by atoms with Crippen LogP contribution in [0, 0.1) is 19.3 Å². The second-order valence-corrected chi connectivity index (χ2v) is 6.14. The minimum absolute atomic E-state index is 0.119. The maximum Gasteiger partial charge on any atom is 0.134 e. The molecule has 0 radical (unpaired) electrons. The standard InChI is InChI=1S/C14H26N4O/c1-9-12(15-6)17-10(2)18-13(9)16-8-11(19)7-14(3,4)5/h11,19H,7-8H2,1-6H3,(H2,15,16,17,18). The molecule has 0 saturated carbocycles. The molecule has 1 rings (SSSR count). The molecule has 0 aliphatic carbocycles. The van der Waals surface area contributed by atoms with E-state index >= 15 is 0 Å². The topological polar surface area (TPSA) is 70.1 Å². The molecule has 19 heavy (non-hydrogen) atoms. The second kappa shape index (κ2) is 6.19. The Morgan fingerprint density at radius 2 is 1.74 bits per heavy atom. The summed E-state index contributed by atoms with van der Waals surface area (Å²) in [6.45, 7) is 10.7. The van der Waals surface area contributed by atoms with Gasteiger partial charge in [0.15, 0.2) is 0 Å². The highest BCUT2D eigenvalue weighted by atomic mass is 16.3. The van der Waals surface area contributed by atoms with Crippen LogP contribution in [0.2, 0.25) is 0 Å². The lowest BCUT2D eigenvalue weighted by Crippen LogP contribution is -2.26. The summed E-state index contributed by atoms with van der Waals surface area (Å²) in [5, 5.41) is 16.3.